The van der Waals surface area contributed by atoms with Crippen LogP contribution < -0.4 is 10.9 Å². The third kappa shape index (κ3) is 3.98. The van der Waals surface area contributed by atoms with Crippen LogP contribution >= 0.6 is 11.6 Å². The van der Waals surface area contributed by atoms with E-state index in [2.05, 4.69) is 5.32 Å². The molecule has 0 unspecified atom stereocenters. The van der Waals surface area contributed by atoms with E-state index in [0.717, 1.165) is 19.3 Å². The summed E-state index contributed by atoms with van der Waals surface area (Å²) >= 11 is 6.16. The van der Waals surface area contributed by atoms with Crippen LogP contribution in [0.4, 0.5) is 5.69 Å². The molecular weight excluding hydrogens is 428 g/mol. The predicted molar refractivity (Wildman–Crippen MR) is 114 cm³/mol. The fourth-order valence-electron chi connectivity index (χ4n) is 3.44. The highest BCUT2D eigenvalue weighted by molar-refractivity contribution is 7.89. The van der Waals surface area contributed by atoms with Crippen LogP contribution in [-0.2, 0) is 10.0 Å². The van der Waals surface area contributed by atoms with Crippen LogP contribution in [0, 0.1) is 0 Å². The van der Waals surface area contributed by atoms with Crippen LogP contribution in [0.3, 0.4) is 0 Å². The van der Waals surface area contributed by atoms with Gasteiger partial charge in [-0.1, -0.05) is 36.2 Å². The third-order valence-electron chi connectivity index (χ3n) is 5.01. The Morgan fingerprint density at radius 3 is 2.53 bits per heavy atom. The third-order valence-corrected chi connectivity index (χ3v) is 7.39. The molecule has 0 atom stereocenters. The normalized spacial score (nSPS) is 15.2. The smallest absolute Gasteiger partial charge is 0.349 e. The van der Waals surface area contributed by atoms with Gasteiger partial charge in [-0.25, -0.2) is 13.2 Å². The van der Waals surface area contributed by atoms with Gasteiger partial charge in [-0.2, -0.15) is 4.31 Å². The summed E-state index contributed by atoms with van der Waals surface area (Å²) in [6, 6.07) is 12.5. The number of halogens is 1. The number of carbonyl (C=O) groups excluding carboxylic acids is 1. The van der Waals surface area contributed by atoms with Gasteiger partial charge >= 0.3 is 5.63 Å². The molecular formula is C21H19ClN2O5S. The molecule has 1 aromatic heterocycles. The second-order valence-corrected chi connectivity index (χ2v) is 9.36. The molecule has 1 fully saturated rings. The molecule has 1 aliphatic rings. The van der Waals surface area contributed by atoms with E-state index in [1.807, 2.05) is 0 Å². The number of rotatable bonds is 4. The van der Waals surface area contributed by atoms with E-state index in [9.17, 15) is 18.0 Å². The first-order valence-corrected chi connectivity index (χ1v) is 11.3. The molecule has 9 heteroatoms. The largest absolute Gasteiger partial charge is 0.422 e. The highest BCUT2D eigenvalue weighted by Gasteiger charge is 2.28. The van der Waals surface area contributed by atoms with Crippen molar-refractivity contribution in [1.29, 1.82) is 0 Å². The molecule has 156 valence electrons. The summed E-state index contributed by atoms with van der Waals surface area (Å²) in [7, 11) is -3.78. The molecule has 0 aliphatic carbocycles. The molecule has 0 radical (unpaired) electrons. The molecule has 0 bridgehead atoms. The summed E-state index contributed by atoms with van der Waals surface area (Å²) in [6.45, 7) is 0.876. The van der Waals surface area contributed by atoms with Crippen LogP contribution in [0.5, 0.6) is 0 Å². The first kappa shape index (κ1) is 20.6. The van der Waals surface area contributed by atoms with E-state index < -0.39 is 21.6 Å². The van der Waals surface area contributed by atoms with Crippen molar-refractivity contribution in [2.45, 2.75) is 24.2 Å². The van der Waals surface area contributed by atoms with Gasteiger partial charge in [-0.3, -0.25) is 4.79 Å². The number of hydrogen-bond donors (Lipinski definition) is 1. The maximum Gasteiger partial charge on any atom is 0.349 e. The number of fused-ring (bicyclic) bond motifs is 1. The van der Waals surface area contributed by atoms with Crippen LogP contribution in [0.25, 0.3) is 11.0 Å². The van der Waals surface area contributed by atoms with Crippen molar-refractivity contribution < 1.29 is 17.6 Å². The molecule has 3 aromatic rings. The van der Waals surface area contributed by atoms with Crippen molar-refractivity contribution in [3.8, 4) is 0 Å². The molecule has 2 aromatic carbocycles. The van der Waals surface area contributed by atoms with Gasteiger partial charge in [-0.05, 0) is 43.2 Å². The first-order chi connectivity index (χ1) is 14.4. The van der Waals surface area contributed by atoms with E-state index >= 15 is 0 Å². The number of nitrogens with zero attached hydrogens (tertiary/aromatic N) is 1. The molecule has 2 heterocycles. The second kappa shape index (κ2) is 8.22. The maximum absolute atomic E-state index is 13.0. The van der Waals surface area contributed by atoms with Gasteiger partial charge in [0, 0.05) is 24.2 Å². The molecule has 1 N–H and O–H groups in total. The highest BCUT2D eigenvalue weighted by Crippen LogP contribution is 2.29. The zero-order valence-corrected chi connectivity index (χ0v) is 17.5. The first-order valence-electron chi connectivity index (χ1n) is 9.50. The van der Waals surface area contributed by atoms with Gasteiger partial charge in [0.05, 0.1) is 5.02 Å². The monoisotopic (exact) mass is 446 g/mol. The molecule has 7 nitrogen and oxygen atoms in total. The number of carbonyl (C=O) groups is 1. The van der Waals surface area contributed by atoms with E-state index in [4.69, 9.17) is 16.0 Å². The van der Waals surface area contributed by atoms with Crippen LogP contribution in [0.1, 0.15) is 29.6 Å². The SMILES string of the molecule is O=C(Nc1ccc(Cl)c(S(=O)(=O)N2CCCCC2)c1)c1cc2ccccc2oc1=O. The average Bonchev–Trinajstić information content (AvgIpc) is 2.75. The number of sulfonamides is 1. The van der Waals surface area contributed by atoms with E-state index in [-0.39, 0.29) is 21.2 Å². The maximum atomic E-state index is 13.0. The van der Waals surface area contributed by atoms with Crippen molar-refractivity contribution >= 4 is 44.2 Å². The Kier molecular flexibility index (Phi) is 5.64. The Morgan fingerprint density at radius 2 is 1.77 bits per heavy atom. The predicted octanol–water partition coefficient (Wildman–Crippen LogP) is 3.87. The summed E-state index contributed by atoms with van der Waals surface area (Å²) in [4.78, 5) is 24.8. The van der Waals surface area contributed by atoms with Crippen molar-refractivity contribution in [2.24, 2.45) is 0 Å². The molecule has 0 spiro atoms. The Bertz CT molecular complexity index is 1280. The van der Waals surface area contributed by atoms with E-state index in [1.54, 1.807) is 24.3 Å². The summed E-state index contributed by atoms with van der Waals surface area (Å²) in [6.07, 6.45) is 2.58. The van der Waals surface area contributed by atoms with Gasteiger partial charge in [0.2, 0.25) is 10.0 Å². The van der Waals surface area contributed by atoms with Gasteiger partial charge in [0.1, 0.15) is 16.0 Å². The summed E-state index contributed by atoms with van der Waals surface area (Å²) < 4.78 is 32.6. The van der Waals surface area contributed by atoms with Gasteiger partial charge < -0.3 is 9.73 Å². The zero-order chi connectivity index (χ0) is 21.3. The van der Waals surface area contributed by atoms with Crippen molar-refractivity contribution in [1.82, 2.24) is 4.31 Å². The summed E-state index contributed by atoms with van der Waals surface area (Å²) in [5.41, 5.74) is -0.363. The molecule has 1 saturated heterocycles. The fraction of sp³-hybridized carbons (Fsp3) is 0.238. The minimum atomic E-state index is -3.78. The molecule has 0 saturated carbocycles. The number of amides is 1. The molecule has 1 aliphatic heterocycles. The number of piperidine rings is 1. The van der Waals surface area contributed by atoms with Gasteiger partial charge in [-0.15, -0.1) is 0 Å². The Balaban J connectivity index is 1.64. The van der Waals surface area contributed by atoms with Crippen LogP contribution in [0.2, 0.25) is 5.02 Å². The van der Waals surface area contributed by atoms with Gasteiger partial charge in [0.25, 0.3) is 5.91 Å². The number of anilines is 1. The minimum absolute atomic E-state index is 0.0730. The van der Waals surface area contributed by atoms with Crippen LogP contribution in [-0.4, -0.2) is 31.7 Å². The topological polar surface area (TPSA) is 96.7 Å². The average molecular weight is 447 g/mol. The quantitative estimate of drug-likeness (QED) is 0.613. The van der Waals surface area contributed by atoms with Crippen molar-refractivity contribution in [2.75, 3.05) is 18.4 Å². The molecule has 30 heavy (non-hydrogen) atoms. The summed E-state index contributed by atoms with van der Waals surface area (Å²) in [5.74, 6) is -0.696. The molecule has 1 amide bonds. The Labute approximate surface area is 178 Å². The lowest BCUT2D eigenvalue weighted by molar-refractivity contribution is 0.102. The number of para-hydroxylation sites is 1. The number of nitrogens with one attached hydrogen (secondary N) is 1. The van der Waals surface area contributed by atoms with E-state index in [1.165, 1.54) is 28.6 Å². The lowest BCUT2D eigenvalue weighted by atomic mass is 10.1. The van der Waals surface area contributed by atoms with Crippen LogP contribution in [0.15, 0.2) is 62.6 Å². The number of hydrogen-bond acceptors (Lipinski definition) is 5. The van der Waals surface area contributed by atoms with Crippen molar-refractivity contribution in [3.63, 3.8) is 0 Å². The minimum Gasteiger partial charge on any atom is -0.422 e. The lowest BCUT2D eigenvalue weighted by Crippen LogP contribution is -2.35. The molecule has 4 rings (SSSR count). The van der Waals surface area contributed by atoms with Gasteiger partial charge in [0.15, 0.2) is 0 Å². The second-order valence-electron chi connectivity index (χ2n) is 7.05. The lowest BCUT2D eigenvalue weighted by Gasteiger charge is -2.26. The zero-order valence-electron chi connectivity index (χ0n) is 15.9. The summed E-state index contributed by atoms with van der Waals surface area (Å²) in [5, 5.41) is 3.24. The Morgan fingerprint density at radius 1 is 1.03 bits per heavy atom. The van der Waals surface area contributed by atoms with Crippen molar-refractivity contribution in [3.05, 3.63) is 69.5 Å². The van der Waals surface area contributed by atoms with E-state index in [0.29, 0.717) is 24.1 Å². The standard InChI is InChI=1S/C21H19ClN2O5S/c22-17-9-8-15(13-19(17)30(27,28)24-10-4-1-5-11-24)23-20(25)16-12-14-6-2-3-7-18(14)29-21(16)26/h2-3,6-9,12-13H,1,4-5,10-11H2,(H,23,25). The Hall–Kier alpha value is -2.68. The number of benzene rings is 2. The highest BCUT2D eigenvalue weighted by atomic mass is 35.5. The fourth-order valence-corrected chi connectivity index (χ4v) is 5.46.